The molecule has 2 aliphatic carbocycles. The van der Waals surface area contributed by atoms with Crippen LogP contribution in [0.25, 0.3) is 33.4 Å². The molecule has 0 bridgehead atoms. The Morgan fingerprint density at radius 1 is 0.923 bits per heavy atom. The summed E-state index contributed by atoms with van der Waals surface area (Å²) >= 11 is 0. The molecule has 9 rings (SSSR count). The second-order valence-electron chi connectivity index (χ2n) is 17.2. The number of imide groups is 1. The molecule has 3 amide bonds. The molecule has 4 N–H and O–H groups in total. The van der Waals surface area contributed by atoms with Crippen LogP contribution in [0, 0.1) is 11.8 Å². The van der Waals surface area contributed by atoms with E-state index in [0.717, 1.165) is 79.1 Å². The molecule has 1 aliphatic heterocycles. The van der Waals surface area contributed by atoms with E-state index in [-0.39, 0.29) is 35.1 Å². The molecule has 1 aromatic carbocycles. The molecule has 0 spiro atoms. The average molecular weight is 893 g/mol. The van der Waals surface area contributed by atoms with Gasteiger partial charge in [0.25, 0.3) is 12.3 Å². The Balaban J connectivity index is 0.663. The van der Waals surface area contributed by atoms with Crippen LogP contribution < -0.4 is 21.3 Å². The third-order valence-corrected chi connectivity index (χ3v) is 12.6. The summed E-state index contributed by atoms with van der Waals surface area (Å²) in [6.07, 6.45) is 11.4. The molecule has 6 aromatic rings. The SMILES string of the molecule is O=C1CCC(n2c3ccccc3c3c(CCCOCCOCCNC[C@H]4CC[C@H](n5cc(NC(=O)c6coc(-c7ccnc(NCC8CC8)c7)n6)c(C(F)F)n5)CC4)ccnc32)C(=O)N1. The summed E-state index contributed by atoms with van der Waals surface area (Å²) in [5.74, 6) is 0.834. The van der Waals surface area contributed by atoms with Gasteiger partial charge in [0.2, 0.25) is 17.7 Å². The molecule has 65 heavy (non-hydrogen) atoms. The smallest absolute Gasteiger partial charge is 0.284 e. The van der Waals surface area contributed by atoms with Crippen LogP contribution in [0.3, 0.4) is 0 Å². The third kappa shape index (κ3) is 10.6. The van der Waals surface area contributed by atoms with Gasteiger partial charge in [-0.25, -0.2) is 23.7 Å². The van der Waals surface area contributed by atoms with Gasteiger partial charge in [-0.05, 0) is 106 Å². The average Bonchev–Trinajstić information content (AvgIpc) is 3.67. The lowest BCUT2D eigenvalue weighted by molar-refractivity contribution is -0.135. The van der Waals surface area contributed by atoms with Crippen LogP contribution in [0.2, 0.25) is 0 Å². The maximum Gasteiger partial charge on any atom is 0.284 e. The van der Waals surface area contributed by atoms with Gasteiger partial charge in [-0.15, -0.1) is 0 Å². The number of benzene rings is 1. The van der Waals surface area contributed by atoms with Crippen molar-refractivity contribution in [1.29, 1.82) is 0 Å². The number of anilines is 2. The summed E-state index contributed by atoms with van der Waals surface area (Å²) in [5.41, 5.74) is 2.91. The van der Waals surface area contributed by atoms with Gasteiger partial charge in [0.05, 0.1) is 37.1 Å². The fraction of sp³-hybridized carbons (Fsp3) is 0.468. The summed E-state index contributed by atoms with van der Waals surface area (Å²) in [5, 5.41) is 18.1. The number of hydrogen-bond donors (Lipinski definition) is 4. The predicted octanol–water partition coefficient (Wildman–Crippen LogP) is 7.41. The molecule has 2 saturated carbocycles. The van der Waals surface area contributed by atoms with Crippen molar-refractivity contribution in [2.45, 2.75) is 82.7 Å². The van der Waals surface area contributed by atoms with E-state index >= 15 is 0 Å². The quantitative estimate of drug-likeness (QED) is 0.0414. The number of hydrogen-bond acceptors (Lipinski definition) is 12. The third-order valence-electron chi connectivity index (χ3n) is 12.6. The molecule has 1 saturated heterocycles. The first-order valence-electron chi connectivity index (χ1n) is 22.7. The van der Waals surface area contributed by atoms with Crippen LogP contribution in [0.4, 0.5) is 20.3 Å². The number of oxazole rings is 1. The summed E-state index contributed by atoms with van der Waals surface area (Å²) in [6, 6.07) is 13.0. The maximum atomic E-state index is 14.1. The maximum absolute atomic E-state index is 14.1. The fourth-order valence-electron chi connectivity index (χ4n) is 8.96. The predicted molar refractivity (Wildman–Crippen MR) is 239 cm³/mol. The minimum atomic E-state index is -2.87. The first kappa shape index (κ1) is 44.1. The molecule has 3 fully saturated rings. The normalized spacial score (nSPS) is 19.0. The number of pyridine rings is 2. The first-order valence-corrected chi connectivity index (χ1v) is 22.7. The molecule has 3 aliphatic rings. The van der Waals surface area contributed by atoms with Crippen molar-refractivity contribution in [3.63, 3.8) is 0 Å². The standard InChI is InChI=1S/C47H54F2N10O6/c48-43(49)42-35(54-45(61)36-28-65-47(55-36)32-16-17-51-39(24-32)53-26-30-7-8-30)27-58(57-42)33-11-9-29(10-12-33)25-50-19-21-64-23-22-63-20-3-4-31-15-18-52-44-41(31)34-5-1-2-6-37(34)59(44)38-13-14-40(60)56-46(38)62/h1-2,5-6,15-18,24,27-30,33,38,43,50H,3-4,7-14,19-23,25-26H2,(H,51,53)(H,54,61)(H,56,60,62)/t29-,33-,38?. The van der Waals surface area contributed by atoms with Crippen LogP contribution in [0.1, 0.15) is 98.0 Å². The molecule has 16 nitrogen and oxygen atoms in total. The van der Waals surface area contributed by atoms with Gasteiger partial charge in [-0.3, -0.25) is 24.4 Å². The number of amides is 3. The topological polar surface area (TPSA) is 192 Å². The van der Waals surface area contributed by atoms with E-state index in [4.69, 9.17) is 13.9 Å². The van der Waals surface area contributed by atoms with Gasteiger partial charge in [0, 0.05) is 61.0 Å². The zero-order chi connectivity index (χ0) is 44.7. The van der Waals surface area contributed by atoms with E-state index in [2.05, 4.69) is 47.4 Å². The van der Waals surface area contributed by atoms with Gasteiger partial charge >= 0.3 is 0 Å². The Morgan fingerprint density at radius 2 is 1.71 bits per heavy atom. The van der Waals surface area contributed by atoms with Crippen molar-refractivity contribution >= 4 is 51.2 Å². The Hall–Kier alpha value is -6.11. The number of fused-ring (bicyclic) bond motifs is 3. The van der Waals surface area contributed by atoms with E-state index in [1.807, 2.05) is 28.8 Å². The fourth-order valence-corrected chi connectivity index (χ4v) is 8.96. The summed E-state index contributed by atoms with van der Waals surface area (Å²) < 4.78 is 49.0. The number of carbonyl (C=O) groups is 3. The number of carbonyl (C=O) groups excluding carboxylic acids is 3. The number of aryl methyl sites for hydroxylation is 1. The van der Waals surface area contributed by atoms with Crippen molar-refractivity contribution in [2.24, 2.45) is 11.8 Å². The van der Waals surface area contributed by atoms with Gasteiger partial charge in [-0.1, -0.05) is 18.2 Å². The molecule has 5 aromatic heterocycles. The highest BCUT2D eigenvalue weighted by molar-refractivity contribution is 6.10. The summed E-state index contributed by atoms with van der Waals surface area (Å²) in [4.78, 5) is 51.1. The van der Waals surface area contributed by atoms with Gasteiger partial charge < -0.3 is 34.4 Å². The Morgan fingerprint density at radius 3 is 2.52 bits per heavy atom. The molecule has 1 atom stereocenters. The zero-order valence-electron chi connectivity index (χ0n) is 36.1. The number of nitrogens with one attached hydrogen (secondary N) is 4. The molecule has 18 heteroatoms. The summed E-state index contributed by atoms with van der Waals surface area (Å²) in [7, 11) is 0. The molecule has 6 heterocycles. The largest absolute Gasteiger partial charge is 0.444 e. The molecule has 0 radical (unpaired) electrons. The van der Waals surface area contributed by atoms with Crippen molar-refractivity contribution in [2.75, 3.05) is 56.7 Å². The lowest BCUT2D eigenvalue weighted by atomic mass is 9.86. The Labute approximate surface area is 374 Å². The molecule has 1 unspecified atom stereocenters. The zero-order valence-corrected chi connectivity index (χ0v) is 36.1. The van der Waals surface area contributed by atoms with Crippen LogP contribution in [-0.4, -0.2) is 93.1 Å². The van der Waals surface area contributed by atoms with Crippen LogP contribution >= 0.6 is 0 Å². The molecular formula is C47H54F2N10O6. The van der Waals surface area contributed by atoms with Crippen LogP contribution in [0.5, 0.6) is 0 Å². The Bertz CT molecular complexity index is 2620. The first-order chi connectivity index (χ1) is 31.8. The number of nitrogens with zero attached hydrogens (tertiary/aromatic N) is 6. The monoisotopic (exact) mass is 892 g/mol. The minimum Gasteiger partial charge on any atom is -0.444 e. The van der Waals surface area contributed by atoms with Crippen LogP contribution in [0.15, 0.2) is 71.7 Å². The number of aromatic nitrogens is 6. The van der Waals surface area contributed by atoms with E-state index < -0.39 is 24.1 Å². The highest BCUT2D eigenvalue weighted by atomic mass is 19.3. The van der Waals surface area contributed by atoms with Crippen molar-refractivity contribution in [3.05, 3.63) is 84.3 Å². The van der Waals surface area contributed by atoms with E-state index in [9.17, 15) is 23.2 Å². The highest BCUT2D eigenvalue weighted by Gasteiger charge is 2.32. The number of ether oxygens (including phenoxy) is 2. The minimum absolute atomic E-state index is 0.0310. The van der Waals surface area contributed by atoms with E-state index in [1.54, 1.807) is 29.2 Å². The lowest BCUT2D eigenvalue weighted by Crippen LogP contribution is -2.41. The lowest BCUT2D eigenvalue weighted by Gasteiger charge is -2.28. The van der Waals surface area contributed by atoms with E-state index in [0.29, 0.717) is 69.0 Å². The number of halogens is 2. The van der Waals surface area contributed by atoms with Gasteiger partial charge in [0.1, 0.15) is 23.8 Å². The molecule has 342 valence electrons. The number of alkyl halides is 2. The highest BCUT2D eigenvalue weighted by Crippen LogP contribution is 2.37. The van der Waals surface area contributed by atoms with Crippen molar-refractivity contribution in [1.82, 2.24) is 39.9 Å². The van der Waals surface area contributed by atoms with Crippen molar-refractivity contribution < 1.29 is 37.1 Å². The second-order valence-corrected chi connectivity index (χ2v) is 17.2. The number of para-hydroxylation sites is 1. The van der Waals surface area contributed by atoms with E-state index in [1.165, 1.54) is 25.3 Å². The van der Waals surface area contributed by atoms with Crippen molar-refractivity contribution in [3.8, 4) is 11.5 Å². The summed E-state index contributed by atoms with van der Waals surface area (Å²) in [6.45, 7) is 4.50. The second kappa shape index (κ2) is 20.4. The Kier molecular flexibility index (Phi) is 13.8. The number of piperidine rings is 1. The van der Waals surface area contributed by atoms with Gasteiger partial charge in [-0.2, -0.15) is 5.10 Å². The van der Waals surface area contributed by atoms with Crippen LogP contribution in [-0.2, 0) is 25.5 Å². The van der Waals surface area contributed by atoms with Gasteiger partial charge in [0.15, 0.2) is 11.4 Å². The molecular weight excluding hydrogens is 839 g/mol. The number of rotatable bonds is 21.